The molecule has 1 amide bonds. The van der Waals surface area contributed by atoms with E-state index >= 15 is 0 Å². The summed E-state index contributed by atoms with van der Waals surface area (Å²) < 4.78 is 0. The van der Waals surface area contributed by atoms with E-state index < -0.39 is 0 Å². The van der Waals surface area contributed by atoms with E-state index in [1.54, 1.807) is 6.07 Å². The van der Waals surface area contributed by atoms with Crippen LogP contribution in [-0.4, -0.2) is 37.0 Å². The smallest absolute Gasteiger partial charge is 0.253 e. The number of carbonyl (C=O) groups is 1. The van der Waals surface area contributed by atoms with Gasteiger partial charge in [-0.1, -0.05) is 11.6 Å². The number of benzene rings is 1. The first-order valence-electron chi connectivity index (χ1n) is 6.26. The highest BCUT2D eigenvalue weighted by molar-refractivity contribution is 5.99. The van der Waals surface area contributed by atoms with E-state index in [0.717, 1.165) is 12.1 Å². The average Bonchev–Trinajstić information content (AvgIpc) is 2.31. The predicted octanol–water partition coefficient (Wildman–Crippen LogP) is 1.65. The Kier molecular flexibility index (Phi) is 5.16. The molecule has 0 saturated heterocycles. The molecule has 0 atom stereocenters. The molecule has 4 heteroatoms. The molecule has 4 nitrogen and oxygen atoms in total. The number of nitrogens with zero attached hydrogens (tertiary/aromatic N) is 1. The van der Waals surface area contributed by atoms with Gasteiger partial charge in [0.2, 0.25) is 0 Å². The summed E-state index contributed by atoms with van der Waals surface area (Å²) in [6.45, 7) is 7.65. The first-order chi connectivity index (χ1) is 8.41. The third-order valence-electron chi connectivity index (χ3n) is 3.09. The highest BCUT2D eigenvalue weighted by Gasteiger charge is 2.10. The van der Waals surface area contributed by atoms with Gasteiger partial charge in [-0.05, 0) is 40.0 Å². The van der Waals surface area contributed by atoms with E-state index in [1.165, 1.54) is 0 Å². The molecular formula is C14H23N3O. The monoisotopic (exact) mass is 249 g/mol. The maximum Gasteiger partial charge on any atom is 0.253 e. The van der Waals surface area contributed by atoms with Crippen LogP contribution in [0.4, 0.5) is 5.69 Å². The van der Waals surface area contributed by atoms with Crippen LogP contribution in [0.1, 0.15) is 29.8 Å². The Morgan fingerprint density at radius 1 is 1.44 bits per heavy atom. The number of rotatable bonds is 5. The Morgan fingerprint density at radius 2 is 2.11 bits per heavy atom. The molecule has 1 aromatic rings. The normalized spacial score (nSPS) is 11.0. The summed E-state index contributed by atoms with van der Waals surface area (Å²) in [5.74, 6) is -0.103. The fourth-order valence-corrected chi connectivity index (χ4v) is 1.57. The number of nitrogens with one attached hydrogen (secondary N) is 1. The van der Waals surface area contributed by atoms with Crippen LogP contribution < -0.4 is 11.1 Å². The third-order valence-corrected chi connectivity index (χ3v) is 3.09. The molecule has 0 spiro atoms. The van der Waals surface area contributed by atoms with Crippen LogP contribution >= 0.6 is 0 Å². The fraction of sp³-hybridized carbons (Fsp3) is 0.500. The number of anilines is 1. The van der Waals surface area contributed by atoms with Crippen LogP contribution in [0.25, 0.3) is 0 Å². The molecule has 0 heterocycles. The number of likely N-dealkylation sites (N-methyl/N-ethyl adjacent to an activating group) is 1. The summed E-state index contributed by atoms with van der Waals surface area (Å²) in [4.78, 5) is 14.1. The Labute approximate surface area is 109 Å². The fourth-order valence-electron chi connectivity index (χ4n) is 1.57. The zero-order valence-electron chi connectivity index (χ0n) is 11.7. The van der Waals surface area contributed by atoms with Gasteiger partial charge in [0.25, 0.3) is 5.91 Å². The highest BCUT2D eigenvalue weighted by atomic mass is 16.1. The summed E-state index contributed by atoms with van der Waals surface area (Å²) >= 11 is 0. The molecule has 0 fully saturated rings. The maximum atomic E-state index is 12.0. The van der Waals surface area contributed by atoms with Crippen LogP contribution in [-0.2, 0) is 0 Å². The van der Waals surface area contributed by atoms with Gasteiger partial charge in [0, 0.05) is 24.8 Å². The number of carbonyl (C=O) groups excluding carboxylic acids is 1. The van der Waals surface area contributed by atoms with Crippen molar-refractivity contribution in [3.05, 3.63) is 29.3 Å². The minimum absolute atomic E-state index is 0.103. The van der Waals surface area contributed by atoms with Crippen LogP contribution in [0.3, 0.4) is 0 Å². The van der Waals surface area contributed by atoms with Crippen molar-refractivity contribution in [2.24, 2.45) is 0 Å². The van der Waals surface area contributed by atoms with Crippen molar-refractivity contribution >= 4 is 11.6 Å². The highest BCUT2D eigenvalue weighted by Crippen LogP contribution is 2.13. The summed E-state index contributed by atoms with van der Waals surface area (Å²) in [5, 5.41) is 2.89. The van der Waals surface area contributed by atoms with Crippen molar-refractivity contribution < 1.29 is 4.79 Å². The molecular weight excluding hydrogens is 226 g/mol. The summed E-state index contributed by atoms with van der Waals surface area (Å²) in [7, 11) is 2.04. The SMILES string of the molecule is Cc1ccc(N)c(C(=O)NCCN(C)C(C)C)c1. The topological polar surface area (TPSA) is 58.4 Å². The van der Waals surface area contributed by atoms with Gasteiger partial charge < -0.3 is 16.0 Å². The third kappa shape index (κ3) is 4.04. The second-order valence-corrected chi connectivity index (χ2v) is 4.92. The van der Waals surface area contributed by atoms with Crippen LogP contribution in [0.5, 0.6) is 0 Å². The number of amides is 1. The second kappa shape index (κ2) is 6.40. The van der Waals surface area contributed by atoms with Gasteiger partial charge in [-0.3, -0.25) is 4.79 Å². The molecule has 0 saturated carbocycles. The van der Waals surface area contributed by atoms with Gasteiger partial charge >= 0.3 is 0 Å². The van der Waals surface area contributed by atoms with Crippen LogP contribution in [0, 0.1) is 6.92 Å². The van der Waals surface area contributed by atoms with Crippen LogP contribution in [0.2, 0.25) is 0 Å². The van der Waals surface area contributed by atoms with E-state index in [9.17, 15) is 4.79 Å². The molecule has 100 valence electrons. The lowest BCUT2D eigenvalue weighted by Crippen LogP contribution is -2.36. The molecule has 0 aliphatic carbocycles. The first-order valence-corrected chi connectivity index (χ1v) is 6.26. The van der Waals surface area contributed by atoms with Crippen molar-refractivity contribution in [1.29, 1.82) is 0 Å². The van der Waals surface area contributed by atoms with Crippen molar-refractivity contribution in [2.45, 2.75) is 26.8 Å². The Bertz CT molecular complexity index is 416. The van der Waals surface area contributed by atoms with E-state index in [4.69, 9.17) is 5.73 Å². The lowest BCUT2D eigenvalue weighted by molar-refractivity contribution is 0.0949. The van der Waals surface area contributed by atoms with Crippen LogP contribution in [0.15, 0.2) is 18.2 Å². The Morgan fingerprint density at radius 3 is 2.72 bits per heavy atom. The quantitative estimate of drug-likeness (QED) is 0.780. The van der Waals surface area contributed by atoms with Gasteiger partial charge in [0.15, 0.2) is 0 Å². The van der Waals surface area contributed by atoms with Gasteiger partial charge in [0.05, 0.1) is 5.56 Å². The zero-order chi connectivity index (χ0) is 13.7. The lowest BCUT2D eigenvalue weighted by atomic mass is 10.1. The molecule has 18 heavy (non-hydrogen) atoms. The average molecular weight is 249 g/mol. The second-order valence-electron chi connectivity index (χ2n) is 4.92. The first kappa shape index (κ1) is 14.5. The molecule has 0 bridgehead atoms. The lowest BCUT2D eigenvalue weighted by Gasteiger charge is -2.21. The molecule has 0 unspecified atom stereocenters. The van der Waals surface area contributed by atoms with Gasteiger partial charge in [-0.2, -0.15) is 0 Å². The molecule has 0 aliphatic heterocycles. The van der Waals surface area contributed by atoms with Gasteiger partial charge in [-0.15, -0.1) is 0 Å². The van der Waals surface area contributed by atoms with E-state index in [-0.39, 0.29) is 5.91 Å². The Hall–Kier alpha value is -1.55. The number of nitrogens with two attached hydrogens (primary N) is 1. The number of nitrogen functional groups attached to an aromatic ring is 1. The van der Waals surface area contributed by atoms with E-state index in [0.29, 0.717) is 23.8 Å². The number of hydrogen-bond donors (Lipinski definition) is 2. The van der Waals surface area contributed by atoms with Crippen molar-refractivity contribution in [3.63, 3.8) is 0 Å². The minimum atomic E-state index is -0.103. The van der Waals surface area contributed by atoms with Gasteiger partial charge in [0.1, 0.15) is 0 Å². The van der Waals surface area contributed by atoms with E-state index in [2.05, 4.69) is 24.1 Å². The molecule has 1 rings (SSSR count). The van der Waals surface area contributed by atoms with Gasteiger partial charge in [-0.25, -0.2) is 0 Å². The van der Waals surface area contributed by atoms with Crippen molar-refractivity contribution in [3.8, 4) is 0 Å². The molecule has 3 N–H and O–H groups in total. The molecule has 0 radical (unpaired) electrons. The number of aryl methyl sites for hydroxylation is 1. The van der Waals surface area contributed by atoms with Crippen molar-refractivity contribution in [2.75, 3.05) is 25.9 Å². The number of hydrogen-bond acceptors (Lipinski definition) is 3. The minimum Gasteiger partial charge on any atom is -0.398 e. The zero-order valence-corrected chi connectivity index (χ0v) is 11.7. The maximum absolute atomic E-state index is 12.0. The molecule has 1 aromatic carbocycles. The van der Waals surface area contributed by atoms with Crippen molar-refractivity contribution in [1.82, 2.24) is 10.2 Å². The predicted molar refractivity (Wildman–Crippen MR) is 75.7 cm³/mol. The summed E-state index contributed by atoms with van der Waals surface area (Å²) in [6, 6.07) is 5.96. The standard InChI is InChI=1S/C14H23N3O/c1-10(2)17(4)8-7-16-14(18)12-9-11(3)5-6-13(12)15/h5-6,9-10H,7-8,15H2,1-4H3,(H,16,18). The molecule has 0 aromatic heterocycles. The van der Waals surface area contributed by atoms with E-state index in [1.807, 2.05) is 26.1 Å². The Balaban J connectivity index is 2.53. The summed E-state index contributed by atoms with van der Waals surface area (Å²) in [5.41, 5.74) is 7.92. The summed E-state index contributed by atoms with van der Waals surface area (Å²) in [6.07, 6.45) is 0. The molecule has 0 aliphatic rings. The largest absolute Gasteiger partial charge is 0.398 e.